The first-order valence-corrected chi connectivity index (χ1v) is 8.71. The highest BCUT2D eigenvalue weighted by Crippen LogP contribution is 2.28. The van der Waals surface area contributed by atoms with Crippen LogP contribution in [-0.2, 0) is 4.74 Å². The van der Waals surface area contributed by atoms with Crippen LogP contribution < -0.4 is 0 Å². The normalized spacial score (nSPS) is 10.7. The SMILES string of the molecule is CCOC(=O)c1ccc(Sc2nnc(C)n2-c2ccccc2C)nc1. The van der Waals surface area contributed by atoms with E-state index in [0.29, 0.717) is 12.2 Å². The number of benzene rings is 1. The van der Waals surface area contributed by atoms with Crippen molar-refractivity contribution in [2.75, 3.05) is 6.61 Å². The Morgan fingerprint density at radius 1 is 1.16 bits per heavy atom. The van der Waals surface area contributed by atoms with Crippen LogP contribution in [0.25, 0.3) is 5.69 Å². The van der Waals surface area contributed by atoms with Gasteiger partial charge in [0.05, 0.1) is 17.9 Å². The number of para-hydroxylation sites is 1. The van der Waals surface area contributed by atoms with Gasteiger partial charge in [0, 0.05) is 6.20 Å². The monoisotopic (exact) mass is 354 g/mol. The van der Waals surface area contributed by atoms with Crippen LogP contribution in [0.1, 0.15) is 28.7 Å². The quantitative estimate of drug-likeness (QED) is 0.652. The minimum Gasteiger partial charge on any atom is -0.462 e. The Morgan fingerprint density at radius 3 is 2.64 bits per heavy atom. The van der Waals surface area contributed by atoms with Gasteiger partial charge in [0.25, 0.3) is 0 Å². The molecule has 0 atom stereocenters. The Balaban J connectivity index is 1.87. The highest BCUT2D eigenvalue weighted by molar-refractivity contribution is 7.99. The third kappa shape index (κ3) is 3.71. The van der Waals surface area contributed by atoms with E-state index in [4.69, 9.17) is 4.74 Å². The van der Waals surface area contributed by atoms with Crippen molar-refractivity contribution in [2.45, 2.75) is 31.0 Å². The Labute approximate surface area is 150 Å². The van der Waals surface area contributed by atoms with Crippen LogP contribution in [0.3, 0.4) is 0 Å². The Hall–Kier alpha value is -2.67. The van der Waals surface area contributed by atoms with E-state index in [1.807, 2.05) is 29.7 Å². The molecule has 2 aromatic heterocycles. The number of carbonyl (C=O) groups is 1. The molecule has 0 amide bonds. The summed E-state index contributed by atoms with van der Waals surface area (Å²) in [5.74, 6) is 0.436. The molecule has 0 unspecified atom stereocenters. The lowest BCUT2D eigenvalue weighted by Crippen LogP contribution is -2.05. The molecule has 0 spiro atoms. The average molecular weight is 354 g/mol. The zero-order valence-electron chi connectivity index (χ0n) is 14.3. The van der Waals surface area contributed by atoms with Crippen LogP contribution in [0.2, 0.25) is 0 Å². The van der Waals surface area contributed by atoms with Gasteiger partial charge in [-0.2, -0.15) is 0 Å². The maximum atomic E-state index is 11.7. The molecule has 0 aliphatic heterocycles. The topological polar surface area (TPSA) is 69.9 Å². The first-order valence-electron chi connectivity index (χ1n) is 7.89. The number of ether oxygens (including phenoxy) is 1. The number of pyridine rings is 1. The molecule has 0 aliphatic rings. The third-order valence-electron chi connectivity index (χ3n) is 3.59. The van der Waals surface area contributed by atoms with E-state index in [1.165, 1.54) is 18.0 Å². The molecular weight excluding hydrogens is 336 g/mol. The van der Waals surface area contributed by atoms with Gasteiger partial charge in [0.1, 0.15) is 10.9 Å². The van der Waals surface area contributed by atoms with Crippen molar-refractivity contribution in [1.29, 1.82) is 0 Å². The fourth-order valence-corrected chi connectivity index (χ4v) is 3.20. The highest BCUT2D eigenvalue weighted by atomic mass is 32.2. The molecule has 0 bridgehead atoms. The predicted octanol–water partition coefficient (Wildman–Crippen LogP) is 3.61. The van der Waals surface area contributed by atoms with Crippen LogP contribution in [0.5, 0.6) is 0 Å². The third-order valence-corrected chi connectivity index (χ3v) is 4.49. The van der Waals surface area contributed by atoms with E-state index >= 15 is 0 Å². The summed E-state index contributed by atoms with van der Waals surface area (Å²) in [5, 5.41) is 9.91. The van der Waals surface area contributed by atoms with Gasteiger partial charge in [0.15, 0.2) is 0 Å². The number of rotatable bonds is 5. The number of hydrogen-bond donors (Lipinski definition) is 0. The lowest BCUT2D eigenvalue weighted by Gasteiger charge is -2.10. The molecule has 7 heteroatoms. The van der Waals surface area contributed by atoms with Crippen molar-refractivity contribution in [3.63, 3.8) is 0 Å². The second-order valence-corrected chi connectivity index (χ2v) is 6.35. The van der Waals surface area contributed by atoms with E-state index in [2.05, 4.69) is 28.2 Å². The first-order chi connectivity index (χ1) is 12.1. The van der Waals surface area contributed by atoms with Crippen molar-refractivity contribution in [3.05, 3.63) is 59.5 Å². The van der Waals surface area contributed by atoms with Crippen molar-refractivity contribution < 1.29 is 9.53 Å². The molecule has 2 heterocycles. The van der Waals surface area contributed by atoms with Crippen LogP contribution in [0, 0.1) is 13.8 Å². The van der Waals surface area contributed by atoms with E-state index < -0.39 is 0 Å². The van der Waals surface area contributed by atoms with Gasteiger partial charge in [-0.25, -0.2) is 9.78 Å². The Kier molecular flexibility index (Phi) is 5.14. The summed E-state index contributed by atoms with van der Waals surface area (Å²) in [5.41, 5.74) is 2.61. The molecule has 0 N–H and O–H groups in total. The minimum absolute atomic E-state index is 0.341. The standard InChI is InChI=1S/C18H18N4O2S/c1-4-24-17(23)14-9-10-16(19-11-14)25-18-21-20-13(3)22(18)15-8-6-5-7-12(15)2/h5-11H,4H2,1-3H3. The van der Waals surface area contributed by atoms with Crippen molar-refractivity contribution >= 4 is 17.7 Å². The fraction of sp³-hybridized carbons (Fsp3) is 0.222. The van der Waals surface area contributed by atoms with Gasteiger partial charge in [-0.1, -0.05) is 18.2 Å². The van der Waals surface area contributed by atoms with Gasteiger partial charge in [-0.05, 0) is 56.3 Å². The smallest absolute Gasteiger partial charge is 0.339 e. The van der Waals surface area contributed by atoms with Crippen LogP contribution in [0.4, 0.5) is 0 Å². The van der Waals surface area contributed by atoms with E-state index in [-0.39, 0.29) is 5.97 Å². The maximum absolute atomic E-state index is 11.7. The van der Waals surface area contributed by atoms with Gasteiger partial charge < -0.3 is 4.74 Å². The van der Waals surface area contributed by atoms with Gasteiger partial charge in [-0.15, -0.1) is 10.2 Å². The van der Waals surface area contributed by atoms with E-state index in [0.717, 1.165) is 27.3 Å². The van der Waals surface area contributed by atoms with Crippen LogP contribution >= 0.6 is 11.8 Å². The predicted molar refractivity (Wildman–Crippen MR) is 95.1 cm³/mol. The first kappa shape index (κ1) is 17.2. The second-order valence-electron chi connectivity index (χ2n) is 5.36. The Morgan fingerprint density at radius 2 is 1.96 bits per heavy atom. The summed E-state index contributed by atoms with van der Waals surface area (Å²) in [7, 11) is 0. The number of hydrogen-bond acceptors (Lipinski definition) is 6. The lowest BCUT2D eigenvalue weighted by atomic mass is 10.2. The molecule has 3 aromatic rings. The van der Waals surface area contributed by atoms with E-state index in [1.54, 1.807) is 19.1 Å². The lowest BCUT2D eigenvalue weighted by molar-refractivity contribution is 0.0525. The number of aromatic nitrogens is 4. The molecule has 0 saturated heterocycles. The molecule has 25 heavy (non-hydrogen) atoms. The molecule has 0 aliphatic carbocycles. The number of aryl methyl sites for hydroxylation is 2. The minimum atomic E-state index is -0.370. The van der Waals surface area contributed by atoms with Crippen molar-refractivity contribution in [1.82, 2.24) is 19.7 Å². The summed E-state index contributed by atoms with van der Waals surface area (Å²) >= 11 is 1.40. The molecular formula is C18H18N4O2S. The van der Waals surface area contributed by atoms with Crippen LogP contribution in [0.15, 0.2) is 52.8 Å². The van der Waals surface area contributed by atoms with E-state index in [9.17, 15) is 4.79 Å². The second kappa shape index (κ2) is 7.48. The van der Waals surface area contributed by atoms with Gasteiger partial charge >= 0.3 is 5.97 Å². The molecule has 6 nitrogen and oxygen atoms in total. The Bertz CT molecular complexity index is 890. The van der Waals surface area contributed by atoms with Crippen molar-refractivity contribution in [3.8, 4) is 5.69 Å². The maximum Gasteiger partial charge on any atom is 0.339 e. The molecule has 3 rings (SSSR count). The fourth-order valence-electron chi connectivity index (χ4n) is 2.37. The number of nitrogens with zero attached hydrogens (tertiary/aromatic N) is 4. The zero-order valence-corrected chi connectivity index (χ0v) is 15.1. The largest absolute Gasteiger partial charge is 0.462 e. The molecule has 128 valence electrons. The molecule has 0 saturated carbocycles. The summed E-state index contributed by atoms with van der Waals surface area (Å²) in [6.45, 7) is 6.08. The summed E-state index contributed by atoms with van der Waals surface area (Å²) in [6.07, 6.45) is 1.52. The summed E-state index contributed by atoms with van der Waals surface area (Å²) < 4.78 is 6.97. The molecule has 0 fully saturated rings. The van der Waals surface area contributed by atoms with Crippen molar-refractivity contribution in [2.24, 2.45) is 0 Å². The molecule has 1 aromatic carbocycles. The summed E-state index contributed by atoms with van der Waals surface area (Å²) in [4.78, 5) is 16.0. The van der Waals surface area contributed by atoms with Gasteiger partial charge in [0.2, 0.25) is 5.16 Å². The number of esters is 1. The average Bonchev–Trinajstić information content (AvgIpc) is 2.96. The van der Waals surface area contributed by atoms with Crippen LogP contribution in [-0.4, -0.2) is 32.3 Å². The number of carbonyl (C=O) groups excluding carboxylic acids is 1. The molecule has 0 radical (unpaired) electrons. The summed E-state index contributed by atoms with van der Waals surface area (Å²) in [6, 6.07) is 11.6. The van der Waals surface area contributed by atoms with Gasteiger partial charge in [-0.3, -0.25) is 4.57 Å². The zero-order chi connectivity index (χ0) is 17.8. The highest BCUT2D eigenvalue weighted by Gasteiger charge is 2.15.